The molecule has 3 aromatic heterocycles. The molecular formula is C34H41F4N7O5. The molecular weight excluding hydrogens is 662 g/mol. The molecule has 4 aromatic rings. The monoisotopic (exact) mass is 703 g/mol. The predicted molar refractivity (Wildman–Crippen MR) is 175 cm³/mol. The zero-order chi connectivity index (χ0) is 35.8. The number of piperidine rings is 1. The molecule has 2 aliphatic heterocycles. The molecule has 2 fully saturated rings. The Hall–Kier alpha value is -4.60. The summed E-state index contributed by atoms with van der Waals surface area (Å²) < 4.78 is 76.1. The van der Waals surface area contributed by atoms with Gasteiger partial charge in [0.25, 0.3) is 5.91 Å². The fraction of sp³-hybridized carbons (Fsp3) is 0.529. The Morgan fingerprint density at radius 2 is 1.90 bits per heavy atom. The van der Waals surface area contributed by atoms with E-state index in [2.05, 4.69) is 27.7 Å². The number of hydrogen-bond acceptors (Lipinski definition) is 8. The Kier molecular flexibility index (Phi) is 9.59. The van der Waals surface area contributed by atoms with E-state index in [9.17, 15) is 22.8 Å². The number of nitrogens with zero attached hydrogens (tertiary/aromatic N) is 5. The van der Waals surface area contributed by atoms with Gasteiger partial charge in [-0.25, -0.2) is 9.18 Å². The second kappa shape index (κ2) is 13.6. The molecule has 2 amide bonds. The third kappa shape index (κ3) is 7.90. The van der Waals surface area contributed by atoms with Gasteiger partial charge in [-0.1, -0.05) is 11.2 Å². The topological polar surface area (TPSA) is 129 Å². The number of carbonyl (C=O) groups excluding carboxylic acids is 2. The van der Waals surface area contributed by atoms with Crippen LogP contribution in [0.4, 0.5) is 28.0 Å². The molecule has 2 saturated heterocycles. The van der Waals surface area contributed by atoms with Crippen molar-refractivity contribution in [2.75, 3.05) is 31.6 Å². The van der Waals surface area contributed by atoms with E-state index in [1.54, 1.807) is 45.2 Å². The summed E-state index contributed by atoms with van der Waals surface area (Å²) in [6.07, 6.45) is -1.11. The lowest BCUT2D eigenvalue weighted by Crippen LogP contribution is -2.51. The van der Waals surface area contributed by atoms with Crippen molar-refractivity contribution in [2.24, 2.45) is 0 Å². The number of likely N-dealkylation sites (tertiary alicyclic amines) is 1. The third-order valence-corrected chi connectivity index (χ3v) is 9.06. The maximum absolute atomic E-state index is 15.4. The first kappa shape index (κ1) is 35.2. The van der Waals surface area contributed by atoms with Gasteiger partial charge < -0.3 is 38.7 Å². The number of rotatable bonds is 8. The normalized spacial score (nSPS) is 19.8. The molecule has 0 radical (unpaired) electrons. The van der Waals surface area contributed by atoms with Crippen molar-refractivity contribution in [3.05, 3.63) is 54.2 Å². The van der Waals surface area contributed by atoms with E-state index in [1.165, 1.54) is 17.0 Å². The molecule has 0 unspecified atom stereocenters. The van der Waals surface area contributed by atoms with Gasteiger partial charge in [0.15, 0.2) is 0 Å². The van der Waals surface area contributed by atoms with Gasteiger partial charge in [0.1, 0.15) is 18.3 Å². The van der Waals surface area contributed by atoms with Gasteiger partial charge in [-0.15, -0.1) is 0 Å². The molecule has 1 aromatic carbocycles. The summed E-state index contributed by atoms with van der Waals surface area (Å²) in [7, 11) is 0. The Balaban J connectivity index is 1.18. The molecule has 6 rings (SSSR count). The van der Waals surface area contributed by atoms with E-state index in [0.29, 0.717) is 29.9 Å². The lowest BCUT2D eigenvalue weighted by molar-refractivity contribution is -0.139. The Morgan fingerprint density at radius 3 is 2.60 bits per heavy atom. The summed E-state index contributed by atoms with van der Waals surface area (Å²) in [6, 6.07) is 7.28. The average molecular weight is 704 g/mol. The van der Waals surface area contributed by atoms with Crippen LogP contribution in [0.15, 0.2) is 47.2 Å². The summed E-state index contributed by atoms with van der Waals surface area (Å²) in [5, 5.41) is 10.2. The van der Waals surface area contributed by atoms with Crippen LogP contribution in [0.2, 0.25) is 0 Å². The number of amides is 2. The van der Waals surface area contributed by atoms with Crippen molar-refractivity contribution in [3.63, 3.8) is 0 Å². The predicted octanol–water partition coefficient (Wildman–Crippen LogP) is 6.27. The molecule has 2 aliphatic rings. The van der Waals surface area contributed by atoms with Gasteiger partial charge in [0.2, 0.25) is 11.7 Å². The largest absolute Gasteiger partial charge is 0.444 e. The molecule has 0 spiro atoms. The first-order valence-electron chi connectivity index (χ1n) is 16.5. The minimum atomic E-state index is -4.58. The Morgan fingerprint density at radius 1 is 1.14 bits per heavy atom. The second-order valence-electron chi connectivity index (χ2n) is 14.1. The molecule has 2 atom stereocenters. The summed E-state index contributed by atoms with van der Waals surface area (Å²) in [5.74, 6) is -0.471. The van der Waals surface area contributed by atoms with Crippen molar-refractivity contribution >= 4 is 28.6 Å². The number of ether oxygens (including phenoxy) is 2. The third-order valence-electron chi connectivity index (χ3n) is 9.06. The van der Waals surface area contributed by atoms with E-state index in [1.807, 2.05) is 10.8 Å². The van der Waals surface area contributed by atoms with Crippen molar-refractivity contribution in [2.45, 2.75) is 89.6 Å². The van der Waals surface area contributed by atoms with Gasteiger partial charge in [-0.3, -0.25) is 4.79 Å². The molecule has 16 heteroatoms. The number of benzene rings is 1. The smallest absolute Gasteiger partial charge is 0.410 e. The highest BCUT2D eigenvalue weighted by molar-refractivity contribution is 5.96. The van der Waals surface area contributed by atoms with Crippen LogP contribution in [-0.4, -0.2) is 86.5 Å². The van der Waals surface area contributed by atoms with Gasteiger partial charge in [0.05, 0.1) is 35.9 Å². The number of hydrogen-bond donors (Lipinski definition) is 2. The number of alkyl halides is 4. The number of aromatic nitrogens is 4. The minimum absolute atomic E-state index is 0.00311. The first-order valence-corrected chi connectivity index (χ1v) is 16.5. The standard InChI is InChI=1S/C34H41F4N7O5/c1-32(2,3)49-31(47)43-12-9-25(23(35)19-43)40-24-6-5-7-26-22(24)16-27(45(26)20-34(36,37)38)29-41-28(50-42-29)17-39-30(46)21-8-13-44(18-21)33(4)10-14-48-15-11-33/h5-8,13,16,18,23,25,40H,9-12,14-15,17,19-20H2,1-4H3,(H,39,46)/t23-,25+/m0/s1. The quantitative estimate of drug-likeness (QED) is 0.206. The summed E-state index contributed by atoms with van der Waals surface area (Å²) in [6.45, 7) is 7.16. The Bertz CT molecular complexity index is 1840. The van der Waals surface area contributed by atoms with Gasteiger partial charge >= 0.3 is 12.3 Å². The van der Waals surface area contributed by atoms with E-state index < -0.39 is 36.6 Å². The SMILES string of the molecule is CC(C)(C)OC(=O)N1CC[C@@H](Nc2cccc3c2cc(-c2noc(CNC(=O)c4ccn(C5(C)CCOCC5)c4)n2)n3CC(F)(F)F)[C@@H](F)C1. The molecule has 5 heterocycles. The molecule has 270 valence electrons. The molecule has 12 nitrogen and oxygen atoms in total. The van der Waals surface area contributed by atoms with Crippen LogP contribution < -0.4 is 10.6 Å². The fourth-order valence-electron chi connectivity index (χ4n) is 6.33. The number of fused-ring (bicyclic) bond motifs is 1. The van der Waals surface area contributed by atoms with Gasteiger partial charge in [0, 0.05) is 48.8 Å². The zero-order valence-corrected chi connectivity index (χ0v) is 28.3. The number of anilines is 1. The lowest BCUT2D eigenvalue weighted by atomic mass is 9.92. The number of nitrogens with one attached hydrogen (secondary N) is 2. The van der Waals surface area contributed by atoms with E-state index in [0.717, 1.165) is 17.4 Å². The van der Waals surface area contributed by atoms with E-state index in [4.69, 9.17) is 14.0 Å². The maximum atomic E-state index is 15.4. The first-order chi connectivity index (χ1) is 23.6. The van der Waals surface area contributed by atoms with Crippen LogP contribution in [0.25, 0.3) is 22.4 Å². The van der Waals surface area contributed by atoms with Crippen molar-refractivity contribution in [1.82, 2.24) is 29.5 Å². The second-order valence-corrected chi connectivity index (χ2v) is 14.1. The average Bonchev–Trinajstić information content (AvgIpc) is 3.80. The highest BCUT2D eigenvalue weighted by Crippen LogP contribution is 2.35. The summed E-state index contributed by atoms with van der Waals surface area (Å²) >= 11 is 0. The van der Waals surface area contributed by atoms with Gasteiger partial charge in [-0.05, 0) is 71.2 Å². The van der Waals surface area contributed by atoms with E-state index in [-0.39, 0.29) is 60.4 Å². The zero-order valence-electron chi connectivity index (χ0n) is 28.3. The molecule has 2 N–H and O–H groups in total. The van der Waals surface area contributed by atoms with Crippen molar-refractivity contribution in [3.8, 4) is 11.5 Å². The van der Waals surface area contributed by atoms with Crippen LogP contribution in [0, 0.1) is 0 Å². The fourth-order valence-corrected chi connectivity index (χ4v) is 6.33. The van der Waals surface area contributed by atoms with Crippen molar-refractivity contribution < 1.29 is 41.1 Å². The highest BCUT2D eigenvalue weighted by atomic mass is 19.4. The molecule has 0 bridgehead atoms. The highest BCUT2D eigenvalue weighted by Gasteiger charge is 2.35. The van der Waals surface area contributed by atoms with Crippen LogP contribution >= 0.6 is 0 Å². The Labute approximate surface area is 286 Å². The summed E-state index contributed by atoms with van der Waals surface area (Å²) in [5.41, 5.74) is 0.237. The van der Waals surface area contributed by atoms with Crippen molar-refractivity contribution in [1.29, 1.82) is 0 Å². The minimum Gasteiger partial charge on any atom is -0.444 e. The number of halogens is 4. The molecule has 0 saturated carbocycles. The summed E-state index contributed by atoms with van der Waals surface area (Å²) in [4.78, 5) is 31.0. The number of carbonyl (C=O) groups is 2. The lowest BCUT2D eigenvalue weighted by Gasteiger charge is -2.36. The van der Waals surface area contributed by atoms with E-state index >= 15 is 4.39 Å². The molecule has 0 aliphatic carbocycles. The van der Waals surface area contributed by atoms with Gasteiger partial charge in [-0.2, -0.15) is 18.2 Å². The maximum Gasteiger partial charge on any atom is 0.410 e. The molecule has 50 heavy (non-hydrogen) atoms. The van der Waals surface area contributed by atoms with Crippen LogP contribution in [0.5, 0.6) is 0 Å². The van der Waals surface area contributed by atoms with Crippen LogP contribution in [0.3, 0.4) is 0 Å². The van der Waals surface area contributed by atoms with Crippen LogP contribution in [-0.2, 0) is 28.1 Å². The van der Waals surface area contributed by atoms with Crippen LogP contribution in [0.1, 0.15) is 63.2 Å².